The van der Waals surface area contributed by atoms with Crippen LogP contribution >= 0.6 is 23.4 Å². The summed E-state index contributed by atoms with van der Waals surface area (Å²) in [6.45, 7) is 1.46. The van der Waals surface area contributed by atoms with E-state index in [0.29, 0.717) is 16.4 Å². The Balaban J connectivity index is 1.89. The molecule has 0 spiro atoms. The van der Waals surface area contributed by atoms with E-state index in [9.17, 15) is 9.59 Å². The van der Waals surface area contributed by atoms with Crippen molar-refractivity contribution in [1.82, 2.24) is 0 Å². The van der Waals surface area contributed by atoms with Gasteiger partial charge in [-0.2, -0.15) is 0 Å². The summed E-state index contributed by atoms with van der Waals surface area (Å²) in [7, 11) is 0. The second-order valence-electron chi connectivity index (χ2n) is 4.56. The third-order valence-corrected chi connectivity index (χ3v) is 3.86. The summed E-state index contributed by atoms with van der Waals surface area (Å²) in [5.41, 5.74) is 1.39. The standard InChI is InChI=1S/C16H15ClN2O2S/c1-11(20)18-14-6-3-7-15(9-14)22-10-16(21)19-13-5-2-4-12(17)8-13/h2-9H,10H2,1H3,(H,18,20)(H,19,21). The fraction of sp³-hybridized carbons (Fsp3) is 0.125. The van der Waals surface area contributed by atoms with Gasteiger partial charge < -0.3 is 10.6 Å². The number of carbonyl (C=O) groups is 2. The first-order chi connectivity index (χ1) is 10.5. The molecule has 4 nitrogen and oxygen atoms in total. The van der Waals surface area contributed by atoms with Crippen LogP contribution in [0.2, 0.25) is 5.02 Å². The molecule has 0 heterocycles. The summed E-state index contributed by atoms with van der Waals surface area (Å²) in [6.07, 6.45) is 0. The van der Waals surface area contributed by atoms with Crippen LogP contribution in [0.4, 0.5) is 11.4 Å². The van der Waals surface area contributed by atoms with Crippen molar-refractivity contribution in [1.29, 1.82) is 0 Å². The number of nitrogens with one attached hydrogen (secondary N) is 2. The lowest BCUT2D eigenvalue weighted by atomic mass is 10.3. The Morgan fingerprint density at radius 1 is 1.05 bits per heavy atom. The Hall–Kier alpha value is -1.98. The van der Waals surface area contributed by atoms with E-state index in [2.05, 4.69) is 10.6 Å². The summed E-state index contributed by atoms with van der Waals surface area (Å²) in [5, 5.41) is 6.07. The normalized spacial score (nSPS) is 10.1. The number of hydrogen-bond donors (Lipinski definition) is 2. The minimum atomic E-state index is -0.124. The maximum absolute atomic E-state index is 11.9. The Kier molecular flexibility index (Phi) is 5.86. The van der Waals surface area contributed by atoms with Crippen LogP contribution in [0.15, 0.2) is 53.4 Å². The maximum Gasteiger partial charge on any atom is 0.234 e. The Bertz CT molecular complexity index is 691. The summed E-state index contributed by atoms with van der Waals surface area (Å²) >= 11 is 7.27. The first kappa shape index (κ1) is 16.4. The molecule has 0 aromatic heterocycles. The van der Waals surface area contributed by atoms with Gasteiger partial charge in [0.1, 0.15) is 0 Å². The highest BCUT2D eigenvalue weighted by atomic mass is 35.5. The van der Waals surface area contributed by atoms with Crippen molar-refractivity contribution in [2.24, 2.45) is 0 Å². The highest BCUT2D eigenvalue weighted by Crippen LogP contribution is 2.22. The summed E-state index contributed by atoms with van der Waals surface area (Å²) in [6, 6.07) is 14.4. The number of anilines is 2. The maximum atomic E-state index is 11.9. The molecule has 0 bridgehead atoms. The first-order valence-corrected chi connectivity index (χ1v) is 7.95. The molecule has 0 radical (unpaired) electrons. The number of rotatable bonds is 5. The van der Waals surface area contributed by atoms with E-state index in [0.717, 1.165) is 4.90 Å². The molecule has 0 unspecified atom stereocenters. The van der Waals surface area contributed by atoms with E-state index in [-0.39, 0.29) is 17.6 Å². The summed E-state index contributed by atoms with van der Waals surface area (Å²) < 4.78 is 0. The summed E-state index contributed by atoms with van der Waals surface area (Å²) in [4.78, 5) is 23.9. The van der Waals surface area contributed by atoms with Crippen LogP contribution in [0.1, 0.15) is 6.92 Å². The van der Waals surface area contributed by atoms with Crippen LogP contribution in [0, 0.1) is 0 Å². The zero-order chi connectivity index (χ0) is 15.9. The van der Waals surface area contributed by atoms with Gasteiger partial charge in [-0.1, -0.05) is 23.7 Å². The van der Waals surface area contributed by atoms with Crippen LogP contribution in [-0.4, -0.2) is 17.6 Å². The molecule has 0 aliphatic carbocycles. The molecule has 2 N–H and O–H groups in total. The van der Waals surface area contributed by atoms with Gasteiger partial charge in [-0.15, -0.1) is 11.8 Å². The third-order valence-electron chi connectivity index (χ3n) is 2.63. The van der Waals surface area contributed by atoms with Crippen LogP contribution in [0.25, 0.3) is 0 Å². The van der Waals surface area contributed by atoms with Crippen molar-refractivity contribution in [3.05, 3.63) is 53.6 Å². The van der Waals surface area contributed by atoms with Gasteiger partial charge in [-0.3, -0.25) is 9.59 Å². The first-order valence-electron chi connectivity index (χ1n) is 6.59. The molecule has 0 fully saturated rings. The van der Waals surface area contributed by atoms with E-state index < -0.39 is 0 Å². The van der Waals surface area contributed by atoms with Crippen molar-refractivity contribution in [3.63, 3.8) is 0 Å². The lowest BCUT2D eigenvalue weighted by Gasteiger charge is -2.07. The molecular formula is C16H15ClN2O2S. The largest absolute Gasteiger partial charge is 0.326 e. The van der Waals surface area contributed by atoms with Crippen molar-refractivity contribution < 1.29 is 9.59 Å². The van der Waals surface area contributed by atoms with Gasteiger partial charge >= 0.3 is 0 Å². The molecule has 114 valence electrons. The number of amides is 2. The molecule has 6 heteroatoms. The Morgan fingerprint density at radius 3 is 2.41 bits per heavy atom. The molecule has 0 atom stereocenters. The number of benzene rings is 2. The van der Waals surface area contributed by atoms with Crippen LogP contribution < -0.4 is 10.6 Å². The molecule has 2 aromatic carbocycles. The molecule has 0 saturated heterocycles. The highest BCUT2D eigenvalue weighted by molar-refractivity contribution is 8.00. The highest BCUT2D eigenvalue weighted by Gasteiger charge is 2.05. The quantitative estimate of drug-likeness (QED) is 0.812. The minimum Gasteiger partial charge on any atom is -0.326 e. The molecule has 0 saturated carbocycles. The zero-order valence-corrected chi connectivity index (χ0v) is 13.5. The van der Waals surface area contributed by atoms with Gasteiger partial charge in [-0.25, -0.2) is 0 Å². The zero-order valence-electron chi connectivity index (χ0n) is 11.9. The van der Waals surface area contributed by atoms with Gasteiger partial charge in [0.05, 0.1) is 5.75 Å². The molecule has 2 aromatic rings. The molecule has 2 amide bonds. The fourth-order valence-corrected chi connectivity index (χ4v) is 2.72. The fourth-order valence-electron chi connectivity index (χ4n) is 1.78. The lowest BCUT2D eigenvalue weighted by Crippen LogP contribution is -2.13. The average Bonchev–Trinajstić information content (AvgIpc) is 2.45. The Morgan fingerprint density at radius 2 is 1.73 bits per heavy atom. The monoisotopic (exact) mass is 334 g/mol. The van der Waals surface area contributed by atoms with Crippen LogP contribution in [0.5, 0.6) is 0 Å². The SMILES string of the molecule is CC(=O)Nc1cccc(SCC(=O)Nc2cccc(Cl)c2)c1. The van der Waals surface area contributed by atoms with Crippen molar-refractivity contribution in [2.75, 3.05) is 16.4 Å². The predicted molar refractivity (Wildman–Crippen MR) is 91.6 cm³/mol. The van der Waals surface area contributed by atoms with Gasteiger partial charge in [0, 0.05) is 28.2 Å². The van der Waals surface area contributed by atoms with Crippen LogP contribution in [-0.2, 0) is 9.59 Å². The van der Waals surface area contributed by atoms with E-state index in [1.807, 2.05) is 18.2 Å². The van der Waals surface area contributed by atoms with Gasteiger partial charge in [-0.05, 0) is 36.4 Å². The number of thioether (sulfide) groups is 1. The van der Waals surface area contributed by atoms with Crippen molar-refractivity contribution in [3.8, 4) is 0 Å². The van der Waals surface area contributed by atoms with Crippen molar-refractivity contribution >= 4 is 46.6 Å². The number of carbonyl (C=O) groups excluding carboxylic acids is 2. The topological polar surface area (TPSA) is 58.2 Å². The Labute approximate surface area is 138 Å². The molecule has 0 aliphatic heterocycles. The lowest BCUT2D eigenvalue weighted by molar-refractivity contribution is -0.114. The molecular weight excluding hydrogens is 320 g/mol. The van der Waals surface area contributed by atoms with Crippen LogP contribution in [0.3, 0.4) is 0 Å². The third kappa shape index (κ3) is 5.42. The van der Waals surface area contributed by atoms with Crippen molar-refractivity contribution in [2.45, 2.75) is 11.8 Å². The van der Waals surface area contributed by atoms with Gasteiger partial charge in [0.25, 0.3) is 0 Å². The predicted octanol–water partition coefficient (Wildman–Crippen LogP) is 4.03. The number of halogens is 1. The second kappa shape index (κ2) is 7.87. The molecule has 2 rings (SSSR count). The average molecular weight is 335 g/mol. The molecule has 0 aliphatic rings. The minimum absolute atomic E-state index is 0.114. The van der Waals surface area contributed by atoms with Gasteiger partial charge in [0.2, 0.25) is 11.8 Å². The second-order valence-corrected chi connectivity index (χ2v) is 6.04. The summed E-state index contributed by atoms with van der Waals surface area (Å²) in [5.74, 6) is 0.0359. The smallest absolute Gasteiger partial charge is 0.234 e. The van der Waals surface area contributed by atoms with E-state index in [1.54, 1.807) is 30.3 Å². The van der Waals surface area contributed by atoms with Gasteiger partial charge in [0.15, 0.2) is 0 Å². The van der Waals surface area contributed by atoms with E-state index in [1.165, 1.54) is 18.7 Å². The van der Waals surface area contributed by atoms with E-state index >= 15 is 0 Å². The number of hydrogen-bond acceptors (Lipinski definition) is 3. The molecule has 22 heavy (non-hydrogen) atoms. The van der Waals surface area contributed by atoms with E-state index in [4.69, 9.17) is 11.6 Å².